The smallest absolute Gasteiger partial charge is 0.349 e. The lowest BCUT2D eigenvalue weighted by atomic mass is 9.98. The van der Waals surface area contributed by atoms with E-state index in [9.17, 15) is 4.79 Å². The van der Waals surface area contributed by atoms with E-state index in [-0.39, 0.29) is 12.2 Å². The van der Waals surface area contributed by atoms with Crippen LogP contribution in [0.5, 0.6) is 5.75 Å². The molecule has 6 nitrogen and oxygen atoms in total. The molecule has 1 N–H and O–H groups in total. The Morgan fingerprint density at radius 3 is 2.53 bits per heavy atom. The minimum absolute atomic E-state index is 0.0768. The first-order valence-electron chi connectivity index (χ1n) is 12.2. The molecule has 0 saturated heterocycles. The van der Waals surface area contributed by atoms with Crippen molar-refractivity contribution in [3.63, 3.8) is 0 Å². The summed E-state index contributed by atoms with van der Waals surface area (Å²) >= 11 is 0. The first kappa shape index (κ1) is 25.9. The van der Waals surface area contributed by atoms with E-state index in [0.29, 0.717) is 12.5 Å². The van der Waals surface area contributed by atoms with E-state index >= 15 is 0 Å². The summed E-state index contributed by atoms with van der Waals surface area (Å²) in [6.07, 6.45) is 10.7. The Hall–Kier alpha value is -2.73. The molecule has 1 heterocycles. The predicted octanol–water partition coefficient (Wildman–Crippen LogP) is 5.16. The Balaban J connectivity index is 1.53. The van der Waals surface area contributed by atoms with Crippen molar-refractivity contribution in [1.29, 1.82) is 0 Å². The van der Waals surface area contributed by atoms with Gasteiger partial charge < -0.3 is 24.4 Å². The molecule has 1 aromatic carbocycles. The zero-order chi connectivity index (χ0) is 24.9. The van der Waals surface area contributed by atoms with Gasteiger partial charge in [0.2, 0.25) is 0 Å². The molecule has 2 aliphatic rings. The van der Waals surface area contributed by atoms with E-state index < -0.39 is 5.60 Å². The average molecular weight is 469 g/mol. The Bertz CT molecular complexity index is 954. The van der Waals surface area contributed by atoms with E-state index in [2.05, 4.69) is 60.6 Å². The van der Waals surface area contributed by atoms with Crippen LogP contribution in [0.1, 0.15) is 57.2 Å². The van der Waals surface area contributed by atoms with E-state index in [1.807, 2.05) is 13.8 Å². The summed E-state index contributed by atoms with van der Waals surface area (Å²) in [5.74, 6) is 1.79. The Labute approximate surface area is 204 Å². The quantitative estimate of drug-likeness (QED) is 0.378. The molecular formula is C28H40N2O4. The number of carbonyl (C=O) groups excluding carboxylic acids is 1. The zero-order valence-corrected chi connectivity index (χ0v) is 21.7. The normalized spacial score (nSPS) is 20.0. The molecule has 0 aromatic heterocycles. The van der Waals surface area contributed by atoms with Gasteiger partial charge in [0.25, 0.3) is 0 Å². The minimum atomic E-state index is -1.03. The van der Waals surface area contributed by atoms with Crippen LogP contribution in [0.25, 0.3) is 0 Å². The average Bonchev–Trinajstić information content (AvgIpc) is 3.08. The first-order chi connectivity index (χ1) is 16.1. The lowest BCUT2D eigenvalue weighted by Gasteiger charge is -2.29. The SMILES string of the molecule is CCOC(=O)C(C)(C)Oc1c(C)cc(CNCCC2=C(C)OC(C3C=CC=CC3)N2C)cc1C. The van der Waals surface area contributed by atoms with E-state index in [0.717, 1.165) is 48.6 Å². The van der Waals surface area contributed by atoms with Crippen LogP contribution >= 0.6 is 0 Å². The maximum absolute atomic E-state index is 12.2. The van der Waals surface area contributed by atoms with Gasteiger partial charge >= 0.3 is 5.97 Å². The van der Waals surface area contributed by atoms with Crippen LogP contribution in [0, 0.1) is 19.8 Å². The van der Waals surface area contributed by atoms with E-state index in [4.69, 9.17) is 14.2 Å². The number of ether oxygens (including phenoxy) is 3. The predicted molar refractivity (Wildman–Crippen MR) is 135 cm³/mol. The Morgan fingerprint density at radius 1 is 1.21 bits per heavy atom. The second kappa shape index (κ2) is 11.1. The molecule has 3 rings (SSSR count). The second-order valence-electron chi connectivity index (χ2n) is 9.65. The highest BCUT2D eigenvalue weighted by molar-refractivity contribution is 5.79. The van der Waals surface area contributed by atoms with Crippen LogP contribution in [0.15, 0.2) is 47.9 Å². The van der Waals surface area contributed by atoms with Crippen LogP contribution in [0.4, 0.5) is 0 Å². The molecule has 1 aliphatic carbocycles. The van der Waals surface area contributed by atoms with Crippen LogP contribution in [-0.4, -0.2) is 42.9 Å². The van der Waals surface area contributed by atoms with Crippen molar-refractivity contribution in [2.75, 3.05) is 20.2 Å². The third-order valence-corrected chi connectivity index (χ3v) is 6.40. The van der Waals surface area contributed by atoms with Gasteiger partial charge in [0.1, 0.15) is 11.5 Å². The molecule has 6 heteroatoms. The molecule has 0 amide bonds. The number of allylic oxidation sites excluding steroid dienone is 4. The summed E-state index contributed by atoms with van der Waals surface area (Å²) < 4.78 is 17.4. The van der Waals surface area contributed by atoms with Gasteiger partial charge in [-0.2, -0.15) is 0 Å². The van der Waals surface area contributed by atoms with Crippen molar-refractivity contribution in [1.82, 2.24) is 10.2 Å². The van der Waals surface area contributed by atoms with E-state index in [1.54, 1.807) is 20.8 Å². The number of hydrogen-bond donors (Lipinski definition) is 1. The molecule has 2 unspecified atom stereocenters. The van der Waals surface area contributed by atoms with Crippen molar-refractivity contribution < 1.29 is 19.0 Å². The molecule has 1 aromatic rings. The van der Waals surface area contributed by atoms with Crippen molar-refractivity contribution in [3.8, 4) is 5.75 Å². The highest BCUT2D eigenvalue weighted by atomic mass is 16.6. The van der Waals surface area contributed by atoms with Crippen molar-refractivity contribution in [2.45, 2.75) is 72.8 Å². The third-order valence-electron chi connectivity index (χ3n) is 6.40. The summed E-state index contributed by atoms with van der Waals surface area (Å²) in [5, 5.41) is 3.56. The lowest BCUT2D eigenvalue weighted by molar-refractivity contribution is -0.158. The fourth-order valence-electron chi connectivity index (χ4n) is 4.61. The van der Waals surface area contributed by atoms with Gasteiger partial charge in [0.15, 0.2) is 11.8 Å². The summed E-state index contributed by atoms with van der Waals surface area (Å²) in [7, 11) is 2.13. The number of carbonyl (C=O) groups is 1. The van der Waals surface area contributed by atoms with Crippen molar-refractivity contribution >= 4 is 5.97 Å². The number of rotatable bonds is 10. The fourth-order valence-corrected chi connectivity index (χ4v) is 4.61. The molecule has 0 fully saturated rings. The molecule has 0 saturated carbocycles. The van der Waals surface area contributed by atoms with Gasteiger partial charge in [-0.15, -0.1) is 0 Å². The molecule has 186 valence electrons. The number of aryl methyl sites for hydroxylation is 2. The lowest BCUT2D eigenvalue weighted by Crippen LogP contribution is -2.40. The van der Waals surface area contributed by atoms with Gasteiger partial charge in [0.05, 0.1) is 12.3 Å². The third kappa shape index (κ3) is 6.03. The molecule has 2 atom stereocenters. The largest absolute Gasteiger partial charge is 0.476 e. The van der Waals surface area contributed by atoms with Crippen molar-refractivity contribution in [2.24, 2.45) is 5.92 Å². The molecule has 0 spiro atoms. The highest BCUT2D eigenvalue weighted by Crippen LogP contribution is 2.33. The number of esters is 1. The van der Waals surface area contributed by atoms with Crippen LogP contribution in [-0.2, 0) is 20.8 Å². The molecular weight excluding hydrogens is 428 g/mol. The molecule has 34 heavy (non-hydrogen) atoms. The van der Waals surface area contributed by atoms with Gasteiger partial charge in [-0.05, 0) is 64.7 Å². The monoisotopic (exact) mass is 468 g/mol. The first-order valence-corrected chi connectivity index (χ1v) is 12.2. The summed E-state index contributed by atoms with van der Waals surface area (Å²) in [5.41, 5.74) is 3.43. The van der Waals surface area contributed by atoms with Gasteiger partial charge in [0, 0.05) is 32.5 Å². The maximum atomic E-state index is 12.2. The minimum Gasteiger partial charge on any atom is -0.476 e. The second-order valence-corrected chi connectivity index (χ2v) is 9.65. The Morgan fingerprint density at radius 2 is 1.91 bits per heavy atom. The van der Waals surface area contributed by atoms with Crippen molar-refractivity contribution in [3.05, 3.63) is 64.6 Å². The number of nitrogens with one attached hydrogen (secondary N) is 1. The van der Waals surface area contributed by atoms with Gasteiger partial charge in [-0.3, -0.25) is 0 Å². The van der Waals surface area contributed by atoms with E-state index in [1.165, 1.54) is 11.3 Å². The van der Waals surface area contributed by atoms with Crippen LogP contribution < -0.4 is 10.1 Å². The summed E-state index contributed by atoms with van der Waals surface area (Å²) in [4.78, 5) is 14.5. The van der Waals surface area contributed by atoms with Crippen LogP contribution in [0.2, 0.25) is 0 Å². The molecule has 0 radical (unpaired) electrons. The topological polar surface area (TPSA) is 60.0 Å². The zero-order valence-electron chi connectivity index (χ0n) is 21.7. The number of hydrogen-bond acceptors (Lipinski definition) is 6. The van der Waals surface area contributed by atoms with Crippen LogP contribution in [0.3, 0.4) is 0 Å². The standard InChI is InChI=1S/C28H40N2O4/c1-8-32-27(31)28(5,6)34-25-19(2)16-22(17-20(25)3)18-29-15-14-24-21(4)33-26(30(24)7)23-12-10-9-11-13-23/h9-12,16-17,23,26,29H,8,13-15,18H2,1-7H3. The summed E-state index contributed by atoms with van der Waals surface area (Å²) in [6.45, 7) is 13.3. The van der Waals surface area contributed by atoms with Gasteiger partial charge in [-0.1, -0.05) is 36.4 Å². The highest BCUT2D eigenvalue weighted by Gasteiger charge is 2.34. The fraction of sp³-hybridized carbons (Fsp3) is 0.536. The number of benzene rings is 1. The maximum Gasteiger partial charge on any atom is 0.349 e. The molecule has 1 aliphatic heterocycles. The number of nitrogens with zero attached hydrogens (tertiary/aromatic N) is 1. The summed E-state index contributed by atoms with van der Waals surface area (Å²) in [6, 6.07) is 4.23. The van der Waals surface area contributed by atoms with Gasteiger partial charge in [-0.25, -0.2) is 4.79 Å². The Kier molecular flexibility index (Phi) is 8.47. The molecule has 0 bridgehead atoms.